The Morgan fingerprint density at radius 2 is 2.23 bits per heavy atom. The fourth-order valence-electron chi connectivity index (χ4n) is 3.05. The van der Waals surface area contributed by atoms with E-state index < -0.39 is 0 Å². The molecule has 0 aromatic rings. The highest BCUT2D eigenvalue weighted by molar-refractivity contribution is 5.84. The Hall–Kier alpha value is -0.570. The molecule has 3 heteroatoms. The molecular formula is C10H15NO2. The van der Waals surface area contributed by atoms with Crippen molar-refractivity contribution in [2.45, 2.75) is 38.5 Å². The number of ether oxygens (including phenoxy) is 1. The van der Waals surface area contributed by atoms with Gasteiger partial charge in [-0.2, -0.15) is 0 Å². The molecule has 3 aliphatic rings. The molecule has 2 heterocycles. The summed E-state index contributed by atoms with van der Waals surface area (Å²) in [6.45, 7) is 4.74. The van der Waals surface area contributed by atoms with Gasteiger partial charge in [0.05, 0.1) is 12.6 Å². The SMILES string of the molecule is CC1(C)OC[C@@H]2C3CC[C@@H]3C(=O)N21. The lowest BCUT2D eigenvalue weighted by Gasteiger charge is -2.29. The van der Waals surface area contributed by atoms with Crippen molar-refractivity contribution in [1.82, 2.24) is 4.90 Å². The molecule has 0 radical (unpaired) electrons. The van der Waals surface area contributed by atoms with Crippen LogP contribution in [0.4, 0.5) is 0 Å². The zero-order valence-electron chi connectivity index (χ0n) is 8.12. The van der Waals surface area contributed by atoms with E-state index in [2.05, 4.69) is 0 Å². The van der Waals surface area contributed by atoms with Gasteiger partial charge in [-0.05, 0) is 32.6 Å². The molecule has 3 nitrogen and oxygen atoms in total. The van der Waals surface area contributed by atoms with Gasteiger partial charge < -0.3 is 9.64 Å². The van der Waals surface area contributed by atoms with E-state index in [-0.39, 0.29) is 5.72 Å². The summed E-state index contributed by atoms with van der Waals surface area (Å²) in [7, 11) is 0. The van der Waals surface area contributed by atoms with Crippen molar-refractivity contribution in [3.8, 4) is 0 Å². The summed E-state index contributed by atoms with van der Waals surface area (Å²) in [5.74, 6) is 1.28. The molecule has 1 aliphatic carbocycles. The molecule has 1 saturated carbocycles. The Morgan fingerprint density at radius 1 is 1.46 bits per heavy atom. The molecule has 0 N–H and O–H groups in total. The van der Waals surface area contributed by atoms with E-state index in [0.29, 0.717) is 23.8 Å². The maximum absolute atomic E-state index is 11.9. The highest BCUT2D eigenvalue weighted by atomic mass is 16.5. The second kappa shape index (κ2) is 2.08. The topological polar surface area (TPSA) is 29.5 Å². The van der Waals surface area contributed by atoms with Crippen LogP contribution in [-0.4, -0.2) is 29.2 Å². The molecule has 72 valence electrons. The summed E-state index contributed by atoms with van der Waals surface area (Å²) in [6.07, 6.45) is 2.32. The number of hydrogen-bond acceptors (Lipinski definition) is 2. The zero-order chi connectivity index (χ0) is 9.22. The van der Waals surface area contributed by atoms with Gasteiger partial charge in [0, 0.05) is 5.92 Å². The van der Waals surface area contributed by atoms with Crippen molar-refractivity contribution in [1.29, 1.82) is 0 Å². The average molecular weight is 181 g/mol. The van der Waals surface area contributed by atoms with Crippen molar-refractivity contribution >= 4 is 5.91 Å². The number of amides is 1. The molecule has 1 amide bonds. The van der Waals surface area contributed by atoms with Crippen molar-refractivity contribution < 1.29 is 9.53 Å². The summed E-state index contributed by atoms with van der Waals surface area (Å²) < 4.78 is 5.64. The summed E-state index contributed by atoms with van der Waals surface area (Å²) in [5.41, 5.74) is -0.348. The molecule has 0 spiro atoms. The highest BCUT2D eigenvalue weighted by Gasteiger charge is 2.59. The number of rotatable bonds is 0. The van der Waals surface area contributed by atoms with Crippen LogP contribution < -0.4 is 0 Å². The third-order valence-corrected chi connectivity index (χ3v) is 3.90. The van der Waals surface area contributed by atoms with Crippen LogP contribution in [0, 0.1) is 11.8 Å². The second-order valence-corrected chi connectivity index (χ2v) is 4.88. The minimum Gasteiger partial charge on any atom is -0.354 e. The van der Waals surface area contributed by atoms with Gasteiger partial charge in [-0.1, -0.05) is 0 Å². The number of carbonyl (C=O) groups excluding carboxylic acids is 1. The summed E-state index contributed by atoms with van der Waals surface area (Å²) in [5, 5.41) is 0. The number of fused-ring (bicyclic) bond motifs is 3. The number of carbonyl (C=O) groups is 1. The van der Waals surface area contributed by atoms with Crippen molar-refractivity contribution in [2.75, 3.05) is 6.61 Å². The third-order valence-electron chi connectivity index (χ3n) is 3.90. The van der Waals surface area contributed by atoms with Gasteiger partial charge in [-0.3, -0.25) is 4.79 Å². The van der Waals surface area contributed by atoms with Crippen LogP contribution in [0.2, 0.25) is 0 Å². The van der Waals surface area contributed by atoms with Crippen LogP contribution in [0.25, 0.3) is 0 Å². The lowest BCUT2D eigenvalue weighted by Crippen LogP contribution is -2.44. The molecule has 0 bridgehead atoms. The summed E-state index contributed by atoms with van der Waals surface area (Å²) in [4.78, 5) is 13.9. The Bertz CT molecular complexity index is 274. The highest BCUT2D eigenvalue weighted by Crippen LogP contribution is 2.50. The van der Waals surface area contributed by atoms with E-state index in [1.807, 2.05) is 18.7 Å². The predicted octanol–water partition coefficient (Wildman–Crippen LogP) is 0.990. The minimum atomic E-state index is -0.348. The molecule has 2 aliphatic heterocycles. The quantitative estimate of drug-likeness (QED) is 0.557. The van der Waals surface area contributed by atoms with Crippen molar-refractivity contribution in [3.63, 3.8) is 0 Å². The second-order valence-electron chi connectivity index (χ2n) is 4.88. The van der Waals surface area contributed by atoms with Gasteiger partial charge in [0.15, 0.2) is 0 Å². The molecule has 2 saturated heterocycles. The van der Waals surface area contributed by atoms with Crippen LogP contribution in [-0.2, 0) is 9.53 Å². The van der Waals surface area contributed by atoms with Gasteiger partial charge in [-0.15, -0.1) is 0 Å². The first-order valence-electron chi connectivity index (χ1n) is 5.08. The Kier molecular flexibility index (Phi) is 1.25. The normalized spacial score (nSPS) is 45.8. The first-order valence-corrected chi connectivity index (χ1v) is 5.08. The molecule has 0 aromatic heterocycles. The minimum absolute atomic E-state index is 0.337. The predicted molar refractivity (Wildman–Crippen MR) is 46.9 cm³/mol. The van der Waals surface area contributed by atoms with E-state index in [0.717, 1.165) is 13.0 Å². The molecule has 13 heavy (non-hydrogen) atoms. The molecular weight excluding hydrogens is 166 g/mol. The van der Waals surface area contributed by atoms with Crippen LogP contribution in [0.15, 0.2) is 0 Å². The van der Waals surface area contributed by atoms with Gasteiger partial charge in [0.1, 0.15) is 5.72 Å². The monoisotopic (exact) mass is 181 g/mol. The standard InChI is InChI=1S/C10H15NO2/c1-10(2)11-8(5-13-10)6-3-4-7(6)9(11)12/h6-8H,3-5H2,1-2H3/t6?,7-,8+/m0/s1. The molecule has 3 fully saturated rings. The number of hydrogen-bond donors (Lipinski definition) is 0. The fraction of sp³-hybridized carbons (Fsp3) is 0.900. The largest absolute Gasteiger partial charge is 0.354 e. The van der Waals surface area contributed by atoms with Crippen LogP contribution in [0.3, 0.4) is 0 Å². The average Bonchev–Trinajstić information content (AvgIpc) is 2.32. The van der Waals surface area contributed by atoms with E-state index in [9.17, 15) is 4.79 Å². The molecule has 0 aromatic carbocycles. The Balaban J connectivity index is 1.98. The molecule has 1 unspecified atom stereocenters. The van der Waals surface area contributed by atoms with E-state index in [1.54, 1.807) is 0 Å². The van der Waals surface area contributed by atoms with Gasteiger partial charge in [0.25, 0.3) is 0 Å². The lowest BCUT2D eigenvalue weighted by molar-refractivity contribution is -0.146. The summed E-state index contributed by atoms with van der Waals surface area (Å²) >= 11 is 0. The van der Waals surface area contributed by atoms with Gasteiger partial charge >= 0.3 is 0 Å². The van der Waals surface area contributed by atoms with Crippen LogP contribution in [0.1, 0.15) is 26.7 Å². The Morgan fingerprint density at radius 3 is 2.85 bits per heavy atom. The lowest BCUT2D eigenvalue weighted by atomic mass is 9.73. The Labute approximate surface area is 78.0 Å². The van der Waals surface area contributed by atoms with Gasteiger partial charge in [-0.25, -0.2) is 0 Å². The van der Waals surface area contributed by atoms with E-state index in [1.165, 1.54) is 6.42 Å². The third kappa shape index (κ3) is 0.766. The van der Waals surface area contributed by atoms with E-state index in [4.69, 9.17) is 4.74 Å². The van der Waals surface area contributed by atoms with Crippen molar-refractivity contribution in [3.05, 3.63) is 0 Å². The van der Waals surface area contributed by atoms with E-state index >= 15 is 0 Å². The summed E-state index contributed by atoms with van der Waals surface area (Å²) in [6, 6.07) is 0.390. The smallest absolute Gasteiger partial charge is 0.228 e. The first kappa shape index (κ1) is 7.80. The first-order chi connectivity index (χ1) is 6.11. The maximum Gasteiger partial charge on any atom is 0.228 e. The van der Waals surface area contributed by atoms with Gasteiger partial charge in [0.2, 0.25) is 5.91 Å². The van der Waals surface area contributed by atoms with Crippen LogP contribution in [0.5, 0.6) is 0 Å². The maximum atomic E-state index is 11.9. The van der Waals surface area contributed by atoms with Crippen LogP contribution >= 0.6 is 0 Å². The van der Waals surface area contributed by atoms with Crippen molar-refractivity contribution in [2.24, 2.45) is 11.8 Å². The molecule has 3 rings (SSSR count). The fourth-order valence-corrected chi connectivity index (χ4v) is 3.05. The molecule has 3 atom stereocenters. The number of nitrogens with zero attached hydrogens (tertiary/aromatic N) is 1. The zero-order valence-corrected chi connectivity index (χ0v) is 8.12.